The Morgan fingerprint density at radius 1 is 1.75 bits per heavy atom. The molecule has 2 rings (SSSR count). The van der Waals surface area contributed by atoms with Gasteiger partial charge in [-0.15, -0.1) is 5.10 Å². The molecule has 0 aliphatic heterocycles. The van der Waals surface area contributed by atoms with Crippen LogP contribution in [-0.2, 0) is 12.0 Å². The van der Waals surface area contributed by atoms with E-state index in [1.165, 1.54) is 0 Å². The van der Waals surface area contributed by atoms with Crippen molar-refractivity contribution in [2.24, 2.45) is 0 Å². The summed E-state index contributed by atoms with van der Waals surface area (Å²) in [6.45, 7) is 2.80. The topological polar surface area (TPSA) is 54.5 Å². The molecule has 1 aromatic heterocycles. The smallest absolute Gasteiger partial charge is 0.101 e. The molecule has 0 radical (unpaired) electrons. The third kappa shape index (κ3) is 0.828. The zero-order valence-corrected chi connectivity index (χ0v) is 6.99. The highest BCUT2D eigenvalue weighted by molar-refractivity contribution is 5.32. The van der Waals surface area contributed by atoms with Gasteiger partial charge in [0.2, 0.25) is 0 Å². The molecule has 4 nitrogen and oxygen atoms in total. The van der Waals surface area contributed by atoms with E-state index in [1.807, 2.05) is 6.92 Å². The van der Waals surface area contributed by atoms with Gasteiger partial charge >= 0.3 is 0 Å². The molecule has 0 atom stereocenters. The van der Waals surface area contributed by atoms with Crippen LogP contribution < -0.4 is 0 Å². The second-order valence-electron chi connectivity index (χ2n) is 3.13. The largest absolute Gasteiger partial charge is 0.248 e. The zero-order valence-electron chi connectivity index (χ0n) is 6.99. The Morgan fingerprint density at radius 2 is 2.50 bits per heavy atom. The van der Waals surface area contributed by atoms with E-state index in [2.05, 4.69) is 16.4 Å². The predicted octanol–water partition coefficient (Wildman–Crippen LogP) is 0.853. The van der Waals surface area contributed by atoms with Gasteiger partial charge in [0, 0.05) is 6.54 Å². The lowest BCUT2D eigenvalue weighted by molar-refractivity contribution is 0.581. The molecule has 0 spiro atoms. The van der Waals surface area contributed by atoms with Crippen molar-refractivity contribution in [1.29, 1.82) is 5.26 Å². The first kappa shape index (κ1) is 7.29. The van der Waals surface area contributed by atoms with Crippen molar-refractivity contribution in [3.05, 3.63) is 11.9 Å². The molecule has 1 aliphatic rings. The van der Waals surface area contributed by atoms with Gasteiger partial charge in [-0.05, 0) is 19.8 Å². The molecule has 0 N–H and O–H groups in total. The van der Waals surface area contributed by atoms with Crippen LogP contribution in [0.3, 0.4) is 0 Å². The number of hydrogen-bond acceptors (Lipinski definition) is 3. The maximum atomic E-state index is 8.93. The van der Waals surface area contributed by atoms with Crippen molar-refractivity contribution < 1.29 is 0 Å². The average Bonchev–Trinajstić information content (AvgIpc) is 2.76. The van der Waals surface area contributed by atoms with Crippen molar-refractivity contribution in [2.45, 2.75) is 31.7 Å². The molecular formula is C8H10N4. The molecule has 0 bridgehead atoms. The van der Waals surface area contributed by atoms with Crippen molar-refractivity contribution in [3.8, 4) is 6.07 Å². The monoisotopic (exact) mass is 162 g/mol. The predicted molar refractivity (Wildman–Crippen MR) is 42.2 cm³/mol. The highest BCUT2D eigenvalue weighted by atomic mass is 15.4. The lowest BCUT2D eigenvalue weighted by Crippen LogP contribution is -2.11. The fourth-order valence-electron chi connectivity index (χ4n) is 1.41. The summed E-state index contributed by atoms with van der Waals surface area (Å²) in [5.41, 5.74) is 0.729. The Hall–Kier alpha value is -1.37. The molecule has 1 fully saturated rings. The highest BCUT2D eigenvalue weighted by Crippen LogP contribution is 2.46. The van der Waals surface area contributed by atoms with Gasteiger partial charge in [0.1, 0.15) is 5.41 Å². The van der Waals surface area contributed by atoms with Gasteiger partial charge in [0.25, 0.3) is 0 Å². The third-order valence-corrected chi connectivity index (χ3v) is 2.37. The molecule has 1 heterocycles. The molecule has 12 heavy (non-hydrogen) atoms. The lowest BCUT2D eigenvalue weighted by atomic mass is 10.1. The molecule has 0 amide bonds. The van der Waals surface area contributed by atoms with Gasteiger partial charge in [0.15, 0.2) is 0 Å². The van der Waals surface area contributed by atoms with E-state index in [0.29, 0.717) is 0 Å². The number of hydrogen-bond donors (Lipinski definition) is 0. The second kappa shape index (κ2) is 2.31. The minimum absolute atomic E-state index is 0.250. The summed E-state index contributed by atoms with van der Waals surface area (Å²) < 4.78 is 1.80. The number of rotatable bonds is 2. The van der Waals surface area contributed by atoms with Crippen molar-refractivity contribution in [2.75, 3.05) is 0 Å². The molecule has 1 aliphatic carbocycles. The number of nitriles is 1. The lowest BCUT2D eigenvalue weighted by Gasteiger charge is -2.05. The highest BCUT2D eigenvalue weighted by Gasteiger charge is 2.47. The number of aromatic nitrogens is 3. The van der Waals surface area contributed by atoms with Gasteiger partial charge < -0.3 is 0 Å². The Morgan fingerprint density at radius 3 is 3.00 bits per heavy atom. The molecule has 0 saturated heterocycles. The second-order valence-corrected chi connectivity index (χ2v) is 3.13. The van der Waals surface area contributed by atoms with Crippen LogP contribution in [0.25, 0.3) is 0 Å². The van der Waals surface area contributed by atoms with E-state index >= 15 is 0 Å². The summed E-state index contributed by atoms with van der Waals surface area (Å²) in [6, 6.07) is 2.33. The van der Waals surface area contributed by atoms with Crippen molar-refractivity contribution in [3.63, 3.8) is 0 Å². The summed E-state index contributed by atoms with van der Waals surface area (Å²) >= 11 is 0. The SMILES string of the molecule is CCn1nncc1C1(C#N)CC1. The molecule has 4 heteroatoms. The first-order chi connectivity index (χ1) is 5.82. The van der Waals surface area contributed by atoms with Crippen LogP contribution in [-0.4, -0.2) is 15.0 Å². The molecular weight excluding hydrogens is 152 g/mol. The average molecular weight is 162 g/mol. The van der Waals surface area contributed by atoms with Crippen molar-refractivity contribution >= 4 is 0 Å². The Labute approximate surface area is 70.8 Å². The maximum Gasteiger partial charge on any atom is 0.101 e. The zero-order chi connectivity index (χ0) is 8.60. The first-order valence-electron chi connectivity index (χ1n) is 4.12. The Balaban J connectivity index is 2.41. The standard InChI is InChI=1S/C8H10N4/c1-2-12-7(5-10-11-12)8(6-9)3-4-8/h5H,2-4H2,1H3. The van der Waals surface area contributed by atoms with Gasteiger partial charge in [0.05, 0.1) is 18.0 Å². The summed E-state index contributed by atoms with van der Waals surface area (Å²) in [5, 5.41) is 16.6. The van der Waals surface area contributed by atoms with Gasteiger partial charge in [-0.25, -0.2) is 4.68 Å². The Kier molecular flexibility index (Phi) is 1.40. The van der Waals surface area contributed by atoms with E-state index in [4.69, 9.17) is 5.26 Å². The van der Waals surface area contributed by atoms with Crippen molar-refractivity contribution in [1.82, 2.24) is 15.0 Å². The summed E-state index contributed by atoms with van der Waals surface area (Å²) in [4.78, 5) is 0. The van der Waals surface area contributed by atoms with E-state index < -0.39 is 0 Å². The fourth-order valence-corrected chi connectivity index (χ4v) is 1.41. The minimum Gasteiger partial charge on any atom is -0.248 e. The molecule has 62 valence electrons. The number of nitrogens with zero attached hydrogens (tertiary/aromatic N) is 4. The molecule has 0 unspecified atom stereocenters. The maximum absolute atomic E-state index is 8.93. The van der Waals surface area contributed by atoms with Gasteiger partial charge in [-0.2, -0.15) is 5.26 Å². The van der Waals surface area contributed by atoms with Crippen LogP contribution >= 0.6 is 0 Å². The molecule has 1 saturated carbocycles. The summed E-state index contributed by atoms with van der Waals surface area (Å²) in [7, 11) is 0. The first-order valence-corrected chi connectivity index (χ1v) is 4.12. The van der Waals surface area contributed by atoms with Crippen LogP contribution in [0.15, 0.2) is 6.20 Å². The van der Waals surface area contributed by atoms with Gasteiger partial charge in [-0.3, -0.25) is 0 Å². The van der Waals surface area contributed by atoms with Crippen LogP contribution in [0.1, 0.15) is 25.5 Å². The van der Waals surface area contributed by atoms with E-state index in [9.17, 15) is 0 Å². The molecule has 1 aromatic rings. The van der Waals surface area contributed by atoms with Crippen LogP contribution in [0, 0.1) is 11.3 Å². The summed E-state index contributed by atoms with van der Waals surface area (Å²) in [5.74, 6) is 0. The van der Waals surface area contributed by atoms with E-state index in [-0.39, 0.29) is 5.41 Å². The summed E-state index contributed by atoms with van der Waals surface area (Å²) in [6.07, 6.45) is 3.62. The number of aryl methyl sites for hydroxylation is 1. The van der Waals surface area contributed by atoms with E-state index in [1.54, 1.807) is 10.9 Å². The minimum atomic E-state index is -0.250. The van der Waals surface area contributed by atoms with Crippen LogP contribution in [0.4, 0.5) is 0 Å². The Bertz CT molecular complexity index is 329. The normalized spacial score (nSPS) is 18.7. The quantitative estimate of drug-likeness (QED) is 0.647. The third-order valence-electron chi connectivity index (χ3n) is 2.37. The fraction of sp³-hybridized carbons (Fsp3) is 0.625. The van der Waals surface area contributed by atoms with E-state index in [0.717, 1.165) is 25.1 Å². The van der Waals surface area contributed by atoms with Gasteiger partial charge in [-0.1, -0.05) is 5.21 Å². The van der Waals surface area contributed by atoms with Crippen LogP contribution in [0.5, 0.6) is 0 Å². The molecule has 0 aromatic carbocycles. The van der Waals surface area contributed by atoms with Crippen LogP contribution in [0.2, 0.25) is 0 Å².